The Kier molecular flexibility index (Phi) is 4.20. The molecule has 1 aliphatic rings. The summed E-state index contributed by atoms with van der Waals surface area (Å²) in [6.07, 6.45) is 2.95. The summed E-state index contributed by atoms with van der Waals surface area (Å²) < 4.78 is 5.78. The van der Waals surface area contributed by atoms with Crippen LogP contribution >= 0.6 is 0 Å². The Bertz CT molecular complexity index is 777. The maximum absolute atomic E-state index is 9.64. The lowest BCUT2D eigenvalue weighted by Gasteiger charge is -2.25. The molecular formula is C19H21N3O. The van der Waals surface area contributed by atoms with E-state index in [9.17, 15) is 5.26 Å². The Labute approximate surface area is 136 Å². The van der Waals surface area contributed by atoms with E-state index < -0.39 is 0 Å². The van der Waals surface area contributed by atoms with E-state index >= 15 is 0 Å². The molecule has 2 aromatic rings. The third-order valence-corrected chi connectivity index (χ3v) is 4.41. The molecule has 0 spiro atoms. The molecule has 4 heteroatoms. The number of hydrogen-bond donors (Lipinski definition) is 1. The quantitative estimate of drug-likeness (QED) is 0.938. The lowest BCUT2D eigenvalue weighted by molar-refractivity contribution is 0.341. The van der Waals surface area contributed by atoms with Crippen molar-refractivity contribution in [3.8, 4) is 22.9 Å². The third kappa shape index (κ3) is 2.75. The van der Waals surface area contributed by atoms with Crippen molar-refractivity contribution in [1.82, 2.24) is 4.98 Å². The maximum atomic E-state index is 9.64. The van der Waals surface area contributed by atoms with Gasteiger partial charge in [0, 0.05) is 16.8 Å². The highest BCUT2D eigenvalue weighted by molar-refractivity contribution is 5.82. The first-order valence-corrected chi connectivity index (χ1v) is 8.09. The molecule has 1 unspecified atom stereocenters. The first-order valence-electron chi connectivity index (χ1n) is 8.09. The molecule has 0 radical (unpaired) electrons. The number of fused-ring (bicyclic) bond motifs is 1. The Hall–Kier alpha value is -2.54. The lowest BCUT2D eigenvalue weighted by atomic mass is 9.82. The van der Waals surface area contributed by atoms with Crippen LogP contribution in [0.1, 0.15) is 37.1 Å². The fourth-order valence-electron chi connectivity index (χ4n) is 3.32. The molecule has 0 fully saturated rings. The van der Waals surface area contributed by atoms with Crippen molar-refractivity contribution < 1.29 is 4.74 Å². The summed E-state index contributed by atoms with van der Waals surface area (Å²) in [5, 5.41) is 9.64. The minimum atomic E-state index is 0.321. The highest BCUT2D eigenvalue weighted by Crippen LogP contribution is 2.40. The van der Waals surface area contributed by atoms with Crippen LogP contribution in [-0.2, 0) is 12.8 Å². The van der Waals surface area contributed by atoms with Gasteiger partial charge in [-0.25, -0.2) is 4.98 Å². The van der Waals surface area contributed by atoms with E-state index in [-0.39, 0.29) is 0 Å². The summed E-state index contributed by atoms with van der Waals surface area (Å²) in [6.45, 7) is 4.78. The predicted molar refractivity (Wildman–Crippen MR) is 91.2 cm³/mol. The third-order valence-electron chi connectivity index (χ3n) is 4.41. The number of aryl methyl sites for hydroxylation is 1. The van der Waals surface area contributed by atoms with E-state index in [1.807, 2.05) is 31.2 Å². The number of pyridine rings is 1. The second-order valence-corrected chi connectivity index (χ2v) is 6.06. The number of nitrogens with zero attached hydrogens (tertiary/aromatic N) is 2. The molecule has 23 heavy (non-hydrogen) atoms. The molecule has 0 aliphatic heterocycles. The number of rotatable bonds is 3. The number of hydrogen-bond acceptors (Lipinski definition) is 4. The van der Waals surface area contributed by atoms with Gasteiger partial charge in [0.2, 0.25) is 0 Å². The Morgan fingerprint density at radius 3 is 2.91 bits per heavy atom. The number of nitriles is 1. The van der Waals surface area contributed by atoms with Gasteiger partial charge in [-0.2, -0.15) is 5.26 Å². The van der Waals surface area contributed by atoms with E-state index in [1.54, 1.807) is 0 Å². The van der Waals surface area contributed by atoms with Crippen LogP contribution in [0.15, 0.2) is 24.3 Å². The number of nitrogen functional groups attached to an aromatic ring is 1. The van der Waals surface area contributed by atoms with Gasteiger partial charge in [0.25, 0.3) is 0 Å². The Morgan fingerprint density at radius 2 is 2.17 bits per heavy atom. The van der Waals surface area contributed by atoms with Gasteiger partial charge < -0.3 is 10.5 Å². The average molecular weight is 307 g/mol. The second kappa shape index (κ2) is 6.29. The van der Waals surface area contributed by atoms with Crippen LogP contribution in [0.3, 0.4) is 0 Å². The average Bonchev–Trinajstić information content (AvgIpc) is 2.55. The summed E-state index contributed by atoms with van der Waals surface area (Å²) in [5.74, 6) is 1.69. The minimum Gasteiger partial charge on any atom is -0.493 e. The van der Waals surface area contributed by atoms with E-state index in [4.69, 9.17) is 10.5 Å². The van der Waals surface area contributed by atoms with Gasteiger partial charge in [-0.15, -0.1) is 0 Å². The molecule has 1 aliphatic carbocycles. The number of aromatic nitrogens is 1. The molecule has 0 amide bonds. The summed E-state index contributed by atoms with van der Waals surface area (Å²) in [4.78, 5) is 4.50. The van der Waals surface area contributed by atoms with E-state index in [0.29, 0.717) is 23.9 Å². The van der Waals surface area contributed by atoms with E-state index in [1.165, 1.54) is 0 Å². The normalized spacial score (nSPS) is 16.5. The first kappa shape index (κ1) is 15.4. The van der Waals surface area contributed by atoms with Crippen LogP contribution < -0.4 is 10.5 Å². The molecular weight excluding hydrogens is 286 g/mol. The van der Waals surface area contributed by atoms with Gasteiger partial charge in [0.15, 0.2) is 0 Å². The molecule has 4 nitrogen and oxygen atoms in total. The van der Waals surface area contributed by atoms with Crippen molar-refractivity contribution in [1.29, 1.82) is 5.26 Å². The maximum Gasteiger partial charge on any atom is 0.142 e. The molecule has 1 aromatic heterocycles. The van der Waals surface area contributed by atoms with Crippen molar-refractivity contribution in [2.24, 2.45) is 5.92 Å². The van der Waals surface area contributed by atoms with E-state index in [0.717, 1.165) is 47.4 Å². The number of benzene rings is 1. The van der Waals surface area contributed by atoms with Crippen molar-refractivity contribution in [3.05, 3.63) is 41.1 Å². The van der Waals surface area contributed by atoms with Crippen molar-refractivity contribution in [3.63, 3.8) is 0 Å². The molecule has 0 saturated heterocycles. The van der Waals surface area contributed by atoms with Crippen LogP contribution in [0.5, 0.6) is 5.75 Å². The number of anilines is 1. The van der Waals surface area contributed by atoms with Crippen molar-refractivity contribution in [2.45, 2.75) is 33.1 Å². The fourth-order valence-corrected chi connectivity index (χ4v) is 3.32. The van der Waals surface area contributed by atoms with Crippen LogP contribution in [0, 0.1) is 17.2 Å². The van der Waals surface area contributed by atoms with E-state index in [2.05, 4.69) is 18.0 Å². The van der Waals surface area contributed by atoms with Gasteiger partial charge in [-0.3, -0.25) is 0 Å². The Balaban J connectivity index is 2.30. The summed E-state index contributed by atoms with van der Waals surface area (Å²) >= 11 is 0. The molecule has 1 heterocycles. The summed E-state index contributed by atoms with van der Waals surface area (Å²) in [7, 11) is 0. The van der Waals surface area contributed by atoms with Crippen LogP contribution in [-0.4, -0.2) is 11.6 Å². The van der Waals surface area contributed by atoms with Crippen molar-refractivity contribution >= 4 is 5.82 Å². The highest BCUT2D eigenvalue weighted by Gasteiger charge is 2.26. The highest BCUT2D eigenvalue weighted by atomic mass is 16.5. The van der Waals surface area contributed by atoms with Gasteiger partial charge >= 0.3 is 0 Å². The zero-order valence-corrected chi connectivity index (χ0v) is 13.6. The van der Waals surface area contributed by atoms with Gasteiger partial charge in [0.1, 0.15) is 23.2 Å². The van der Waals surface area contributed by atoms with Gasteiger partial charge in [0.05, 0.1) is 6.61 Å². The van der Waals surface area contributed by atoms with Crippen LogP contribution in [0.25, 0.3) is 11.1 Å². The molecule has 0 bridgehead atoms. The number of para-hydroxylation sites is 1. The molecule has 118 valence electrons. The zero-order valence-electron chi connectivity index (χ0n) is 13.6. The monoisotopic (exact) mass is 307 g/mol. The number of ether oxygens (including phenoxy) is 1. The zero-order chi connectivity index (χ0) is 16.4. The number of nitrogens with two attached hydrogens (primary N) is 1. The van der Waals surface area contributed by atoms with Crippen molar-refractivity contribution in [2.75, 3.05) is 12.3 Å². The summed E-state index contributed by atoms with van der Waals surface area (Å²) in [6, 6.07) is 10.1. The fraction of sp³-hybridized carbons (Fsp3) is 0.368. The standard InChI is InChI=1S/C19H21N3O/c1-3-23-17-7-5-4-6-13(17)18-14-10-12(2)8-9-16(14)22-19(21)15(18)11-20/h4-7,12H,3,8-10H2,1-2H3,(H2,21,22). The van der Waals surface area contributed by atoms with Gasteiger partial charge in [-0.05, 0) is 43.7 Å². The minimum absolute atomic E-state index is 0.321. The lowest BCUT2D eigenvalue weighted by Crippen LogP contribution is -2.17. The largest absolute Gasteiger partial charge is 0.493 e. The molecule has 2 N–H and O–H groups in total. The Morgan fingerprint density at radius 1 is 1.39 bits per heavy atom. The molecule has 3 rings (SSSR count). The topological polar surface area (TPSA) is 71.9 Å². The predicted octanol–water partition coefficient (Wildman–Crippen LogP) is 3.73. The van der Waals surface area contributed by atoms with Crippen LogP contribution in [0.4, 0.5) is 5.82 Å². The smallest absolute Gasteiger partial charge is 0.142 e. The van der Waals surface area contributed by atoms with Crippen LogP contribution in [0.2, 0.25) is 0 Å². The second-order valence-electron chi connectivity index (χ2n) is 6.06. The molecule has 1 atom stereocenters. The molecule has 1 aromatic carbocycles. The summed E-state index contributed by atoms with van der Waals surface area (Å²) in [5.41, 5.74) is 10.6. The molecule has 0 saturated carbocycles. The SMILES string of the molecule is CCOc1ccccc1-c1c(C#N)c(N)nc2c1CC(C)CC2. The van der Waals surface area contributed by atoms with Gasteiger partial charge in [-0.1, -0.05) is 25.1 Å². The first-order chi connectivity index (χ1) is 11.2.